The summed E-state index contributed by atoms with van der Waals surface area (Å²) in [6, 6.07) is 28.2. The van der Waals surface area contributed by atoms with Crippen LogP contribution >= 0.6 is 27.7 Å². The lowest BCUT2D eigenvalue weighted by molar-refractivity contribution is -0.114. The Kier molecular flexibility index (Phi) is 10.8. The van der Waals surface area contributed by atoms with Crippen molar-refractivity contribution in [3.8, 4) is 11.5 Å². The van der Waals surface area contributed by atoms with E-state index in [2.05, 4.69) is 31.9 Å². The Morgan fingerprint density at radius 2 is 1.48 bits per heavy atom. The fourth-order valence-electron chi connectivity index (χ4n) is 3.75. The highest BCUT2D eigenvalue weighted by molar-refractivity contribution is 9.10. The number of ether oxygens (including phenoxy) is 2. The minimum absolute atomic E-state index is 0.0235. The van der Waals surface area contributed by atoms with E-state index in [1.807, 2.05) is 36.4 Å². The maximum atomic E-state index is 13.4. The van der Waals surface area contributed by atoms with Crippen molar-refractivity contribution in [2.45, 2.75) is 4.90 Å². The van der Waals surface area contributed by atoms with Crippen molar-refractivity contribution in [3.05, 3.63) is 118 Å². The highest BCUT2D eigenvalue weighted by atomic mass is 79.9. The number of halogens is 1. The molecule has 4 aromatic rings. The van der Waals surface area contributed by atoms with Gasteiger partial charge in [0.2, 0.25) is 5.91 Å². The molecule has 10 heteroatoms. The molecule has 214 valence electrons. The molecule has 0 bridgehead atoms. The van der Waals surface area contributed by atoms with Gasteiger partial charge in [-0.1, -0.05) is 34.1 Å². The van der Waals surface area contributed by atoms with E-state index in [1.165, 1.54) is 18.9 Å². The second-order valence-corrected chi connectivity index (χ2v) is 10.8. The average Bonchev–Trinajstić information content (AvgIpc) is 3.02. The normalized spacial score (nSPS) is 10.9. The molecule has 0 saturated heterocycles. The largest absolute Gasteiger partial charge is 0.497 e. The molecular formula is C32H28BrN3O5S. The van der Waals surface area contributed by atoms with Crippen LogP contribution in [0.5, 0.6) is 11.5 Å². The first kappa shape index (κ1) is 30.4. The number of thioether (sulfide) groups is 1. The molecule has 0 unspecified atom stereocenters. The van der Waals surface area contributed by atoms with E-state index in [-0.39, 0.29) is 17.4 Å². The van der Waals surface area contributed by atoms with Crippen molar-refractivity contribution in [1.82, 2.24) is 5.32 Å². The minimum atomic E-state index is -0.522. The monoisotopic (exact) mass is 645 g/mol. The number of hydrogen-bond donors (Lipinski definition) is 3. The van der Waals surface area contributed by atoms with E-state index in [0.29, 0.717) is 28.3 Å². The van der Waals surface area contributed by atoms with Gasteiger partial charge < -0.3 is 25.4 Å². The summed E-state index contributed by atoms with van der Waals surface area (Å²) in [6.45, 7) is 0. The standard InChI is InChI=1S/C32H28BrN3O5S/c1-40-26-15-8-22(29(19-26)41-2)18-28(36-31(38)21-6-4-3-5-7-21)32(39)35-25-13-16-27(17-14-25)42-20-30(37)34-24-11-9-23(33)10-12-24/h3-19H,20H2,1-2H3,(H,34,37)(H,35,39)(H,36,38)/b28-18-. The van der Waals surface area contributed by atoms with Gasteiger partial charge in [-0.15, -0.1) is 11.8 Å². The first-order valence-corrected chi connectivity index (χ1v) is 14.5. The van der Waals surface area contributed by atoms with Gasteiger partial charge in [0.05, 0.1) is 20.0 Å². The number of hydrogen-bond acceptors (Lipinski definition) is 6. The number of anilines is 2. The van der Waals surface area contributed by atoms with Crippen LogP contribution in [0, 0.1) is 0 Å². The van der Waals surface area contributed by atoms with Gasteiger partial charge in [0.25, 0.3) is 11.8 Å². The second kappa shape index (κ2) is 14.9. The van der Waals surface area contributed by atoms with Gasteiger partial charge in [0.15, 0.2) is 0 Å². The number of carbonyl (C=O) groups is 3. The van der Waals surface area contributed by atoms with Gasteiger partial charge >= 0.3 is 0 Å². The van der Waals surface area contributed by atoms with Crippen molar-refractivity contribution in [2.24, 2.45) is 0 Å². The number of rotatable bonds is 11. The molecule has 3 amide bonds. The zero-order valence-electron chi connectivity index (χ0n) is 22.8. The number of carbonyl (C=O) groups excluding carboxylic acids is 3. The fourth-order valence-corrected chi connectivity index (χ4v) is 4.71. The van der Waals surface area contributed by atoms with Crippen molar-refractivity contribution in [2.75, 3.05) is 30.6 Å². The maximum Gasteiger partial charge on any atom is 0.272 e. The molecule has 0 aliphatic heterocycles. The summed E-state index contributed by atoms with van der Waals surface area (Å²) in [5, 5.41) is 8.41. The second-order valence-electron chi connectivity index (χ2n) is 8.81. The van der Waals surface area contributed by atoms with Crippen LogP contribution in [0.3, 0.4) is 0 Å². The maximum absolute atomic E-state index is 13.4. The van der Waals surface area contributed by atoms with Crippen LogP contribution in [-0.4, -0.2) is 37.7 Å². The Hall–Kier alpha value is -4.54. The molecule has 4 rings (SSSR count). The van der Waals surface area contributed by atoms with Crippen molar-refractivity contribution in [3.63, 3.8) is 0 Å². The zero-order valence-corrected chi connectivity index (χ0v) is 25.3. The van der Waals surface area contributed by atoms with E-state index in [0.717, 1.165) is 15.1 Å². The van der Waals surface area contributed by atoms with Crippen molar-refractivity contribution in [1.29, 1.82) is 0 Å². The Labute approximate surface area is 256 Å². The van der Waals surface area contributed by atoms with Gasteiger partial charge in [-0.3, -0.25) is 14.4 Å². The van der Waals surface area contributed by atoms with Crippen LogP contribution < -0.4 is 25.4 Å². The topological polar surface area (TPSA) is 106 Å². The SMILES string of the molecule is COc1ccc(/C=C(\NC(=O)c2ccccc2)C(=O)Nc2ccc(SCC(=O)Nc3ccc(Br)cc3)cc2)c(OC)c1. The van der Waals surface area contributed by atoms with Crippen LogP contribution in [0.1, 0.15) is 15.9 Å². The quantitative estimate of drug-likeness (QED) is 0.125. The van der Waals surface area contributed by atoms with Gasteiger partial charge in [0.1, 0.15) is 17.2 Å². The third kappa shape index (κ3) is 8.73. The Balaban J connectivity index is 1.45. The number of methoxy groups -OCH3 is 2. The van der Waals surface area contributed by atoms with Crippen LogP contribution in [0.15, 0.2) is 112 Å². The number of benzene rings is 4. The molecule has 0 radical (unpaired) electrons. The molecule has 42 heavy (non-hydrogen) atoms. The van der Waals surface area contributed by atoms with E-state index < -0.39 is 11.8 Å². The summed E-state index contributed by atoms with van der Waals surface area (Å²) >= 11 is 4.75. The summed E-state index contributed by atoms with van der Waals surface area (Å²) < 4.78 is 11.7. The van der Waals surface area contributed by atoms with Crippen LogP contribution in [0.2, 0.25) is 0 Å². The lowest BCUT2D eigenvalue weighted by Crippen LogP contribution is -2.30. The minimum Gasteiger partial charge on any atom is -0.497 e. The molecule has 0 spiro atoms. The summed E-state index contributed by atoms with van der Waals surface area (Å²) in [7, 11) is 3.06. The Morgan fingerprint density at radius 1 is 0.810 bits per heavy atom. The summed E-state index contributed by atoms with van der Waals surface area (Å²) in [5.74, 6) is 0.206. The van der Waals surface area contributed by atoms with Gasteiger partial charge in [-0.25, -0.2) is 0 Å². The number of amides is 3. The molecule has 0 aromatic heterocycles. The first-order chi connectivity index (χ1) is 20.3. The Bertz CT molecular complexity index is 1580. The molecule has 0 fully saturated rings. The van der Waals surface area contributed by atoms with E-state index in [1.54, 1.807) is 73.8 Å². The molecule has 0 saturated carbocycles. The van der Waals surface area contributed by atoms with Crippen LogP contribution in [-0.2, 0) is 9.59 Å². The lowest BCUT2D eigenvalue weighted by atomic mass is 10.1. The van der Waals surface area contributed by atoms with Crippen LogP contribution in [0.4, 0.5) is 11.4 Å². The molecule has 0 atom stereocenters. The highest BCUT2D eigenvalue weighted by Gasteiger charge is 2.17. The third-order valence-electron chi connectivity index (χ3n) is 5.88. The van der Waals surface area contributed by atoms with Gasteiger partial charge in [-0.05, 0) is 78.9 Å². The van der Waals surface area contributed by atoms with E-state index in [9.17, 15) is 14.4 Å². The van der Waals surface area contributed by atoms with Crippen molar-refractivity contribution >= 4 is 62.9 Å². The molecule has 3 N–H and O–H groups in total. The summed E-state index contributed by atoms with van der Waals surface area (Å²) in [5.41, 5.74) is 2.24. The molecule has 0 aliphatic rings. The fraction of sp³-hybridized carbons (Fsp3) is 0.0938. The molecule has 8 nitrogen and oxygen atoms in total. The highest BCUT2D eigenvalue weighted by Crippen LogP contribution is 2.27. The smallest absolute Gasteiger partial charge is 0.272 e. The average molecular weight is 647 g/mol. The van der Waals surface area contributed by atoms with Gasteiger partial charge in [-0.2, -0.15) is 0 Å². The molecule has 0 aliphatic carbocycles. The molecular weight excluding hydrogens is 618 g/mol. The third-order valence-corrected chi connectivity index (χ3v) is 7.42. The predicted octanol–water partition coefficient (Wildman–Crippen LogP) is 6.61. The molecule has 4 aromatic carbocycles. The molecule has 0 heterocycles. The zero-order chi connectivity index (χ0) is 29.9. The number of nitrogens with one attached hydrogen (secondary N) is 3. The van der Waals surface area contributed by atoms with E-state index in [4.69, 9.17) is 9.47 Å². The van der Waals surface area contributed by atoms with Crippen LogP contribution in [0.25, 0.3) is 6.08 Å². The predicted molar refractivity (Wildman–Crippen MR) is 170 cm³/mol. The summed E-state index contributed by atoms with van der Waals surface area (Å²) in [4.78, 5) is 39.5. The summed E-state index contributed by atoms with van der Waals surface area (Å²) in [6.07, 6.45) is 1.54. The first-order valence-electron chi connectivity index (χ1n) is 12.7. The van der Waals surface area contributed by atoms with Crippen molar-refractivity contribution < 1.29 is 23.9 Å². The lowest BCUT2D eigenvalue weighted by Gasteiger charge is -2.13. The Morgan fingerprint density at radius 3 is 2.14 bits per heavy atom. The van der Waals surface area contributed by atoms with E-state index >= 15 is 0 Å². The van der Waals surface area contributed by atoms with Gasteiger partial charge in [0, 0.05) is 37.9 Å².